The molecule has 2 nitrogen and oxygen atoms in total. The van der Waals surface area contributed by atoms with Crippen molar-refractivity contribution in [1.29, 1.82) is 0 Å². The molecule has 1 rings (SSSR count). The number of hydrogen-bond donors (Lipinski definition) is 0. The van der Waals surface area contributed by atoms with Crippen LogP contribution in [0.25, 0.3) is 6.08 Å². The molecule has 0 saturated carbocycles. The Kier molecular flexibility index (Phi) is 1.49. The van der Waals surface area contributed by atoms with E-state index in [2.05, 4.69) is 12.8 Å². The first-order chi connectivity index (χ1) is 4.33. The minimum Gasteiger partial charge on any atom is -0.618 e. The molecule has 0 spiro atoms. The van der Waals surface area contributed by atoms with Crippen molar-refractivity contribution in [1.82, 2.24) is 0 Å². The first-order valence-corrected chi connectivity index (χ1v) is 2.57. The summed E-state index contributed by atoms with van der Waals surface area (Å²) in [6.07, 6.45) is 5.46. The van der Waals surface area contributed by atoms with Gasteiger partial charge >= 0.3 is 0 Å². The van der Waals surface area contributed by atoms with Gasteiger partial charge in [-0.1, -0.05) is 12.7 Å². The fourth-order valence-corrected chi connectivity index (χ4v) is 0.540. The van der Waals surface area contributed by atoms with Gasteiger partial charge in [-0.25, -0.2) is 0 Å². The Hall–Kier alpha value is -1.31. The van der Waals surface area contributed by atoms with Crippen LogP contribution in [0.4, 0.5) is 0 Å². The lowest BCUT2D eigenvalue weighted by molar-refractivity contribution is -0.610. The van der Waals surface area contributed by atoms with E-state index in [1.807, 2.05) is 0 Å². The van der Waals surface area contributed by atoms with Crippen LogP contribution in [-0.2, 0) is 0 Å². The molecule has 1 radical (unpaired) electrons. The second-order valence-electron chi connectivity index (χ2n) is 1.61. The van der Waals surface area contributed by atoms with Crippen molar-refractivity contribution < 1.29 is 4.73 Å². The van der Waals surface area contributed by atoms with E-state index in [1.165, 1.54) is 6.20 Å². The van der Waals surface area contributed by atoms with Crippen LogP contribution in [0.5, 0.6) is 0 Å². The first-order valence-electron chi connectivity index (χ1n) is 2.57. The van der Waals surface area contributed by atoms with Gasteiger partial charge in [-0.15, -0.1) is 0 Å². The van der Waals surface area contributed by atoms with Crippen molar-refractivity contribution in [2.24, 2.45) is 0 Å². The molecule has 1 aromatic rings. The molecular weight excluding hydrogens is 114 g/mol. The molecular formula is C7H6NO. The standard InChI is InChI=1S/C7H6NO/c1-2-7-4-3-5-8(9)6-7/h2-5H,1H2. The van der Waals surface area contributed by atoms with Gasteiger partial charge in [-0.3, -0.25) is 0 Å². The van der Waals surface area contributed by atoms with Crippen molar-refractivity contribution in [2.45, 2.75) is 0 Å². The fourth-order valence-electron chi connectivity index (χ4n) is 0.540. The zero-order valence-electron chi connectivity index (χ0n) is 4.87. The zero-order valence-corrected chi connectivity index (χ0v) is 4.87. The van der Waals surface area contributed by atoms with Gasteiger partial charge in [-0.05, 0) is 6.07 Å². The van der Waals surface area contributed by atoms with E-state index in [1.54, 1.807) is 18.2 Å². The smallest absolute Gasteiger partial charge is 0.297 e. The lowest BCUT2D eigenvalue weighted by Gasteiger charge is -1.91. The molecule has 0 aromatic carbocycles. The Morgan fingerprint density at radius 2 is 2.56 bits per heavy atom. The summed E-state index contributed by atoms with van der Waals surface area (Å²) < 4.78 is 0.622. The maximum atomic E-state index is 10.5. The maximum absolute atomic E-state index is 10.5. The van der Waals surface area contributed by atoms with E-state index in [4.69, 9.17) is 0 Å². The molecule has 2 heteroatoms. The molecule has 0 fully saturated rings. The van der Waals surface area contributed by atoms with E-state index >= 15 is 0 Å². The molecule has 0 unspecified atom stereocenters. The summed E-state index contributed by atoms with van der Waals surface area (Å²) in [5.41, 5.74) is 0.715. The van der Waals surface area contributed by atoms with Crippen LogP contribution in [0, 0.1) is 11.4 Å². The van der Waals surface area contributed by atoms with Crippen molar-refractivity contribution in [3.05, 3.63) is 41.9 Å². The molecule has 0 bridgehead atoms. The number of aromatic nitrogens is 1. The summed E-state index contributed by atoms with van der Waals surface area (Å²) in [6.45, 7) is 3.49. The maximum Gasteiger partial charge on any atom is 0.297 e. The Morgan fingerprint density at radius 1 is 1.78 bits per heavy atom. The average molecular weight is 120 g/mol. The molecule has 0 saturated heterocycles. The second kappa shape index (κ2) is 2.31. The molecule has 1 aromatic heterocycles. The van der Waals surface area contributed by atoms with Crippen LogP contribution >= 0.6 is 0 Å². The topological polar surface area (TPSA) is 26.9 Å². The van der Waals surface area contributed by atoms with Crippen LogP contribution in [0.1, 0.15) is 5.56 Å². The number of pyridine rings is 1. The van der Waals surface area contributed by atoms with Crippen LogP contribution in [0.3, 0.4) is 0 Å². The Morgan fingerprint density at radius 3 is 3.00 bits per heavy atom. The van der Waals surface area contributed by atoms with E-state index in [-0.39, 0.29) is 0 Å². The first kappa shape index (κ1) is 5.82. The molecule has 0 amide bonds. The Labute approximate surface area is 53.6 Å². The molecule has 1 heterocycles. The summed E-state index contributed by atoms with van der Waals surface area (Å²) in [7, 11) is 0. The predicted molar refractivity (Wildman–Crippen MR) is 34.3 cm³/mol. The third-order valence-electron chi connectivity index (χ3n) is 0.956. The second-order valence-corrected chi connectivity index (χ2v) is 1.61. The highest BCUT2D eigenvalue weighted by atomic mass is 16.5. The molecule has 0 aliphatic carbocycles. The zero-order chi connectivity index (χ0) is 6.69. The number of nitrogens with zero attached hydrogens (tertiary/aromatic N) is 1. The van der Waals surface area contributed by atoms with Crippen LogP contribution in [-0.4, -0.2) is 0 Å². The third-order valence-corrected chi connectivity index (χ3v) is 0.956. The monoisotopic (exact) mass is 120 g/mol. The minimum atomic E-state index is 0.622. The van der Waals surface area contributed by atoms with Gasteiger partial charge in [-0.2, -0.15) is 4.73 Å². The van der Waals surface area contributed by atoms with Gasteiger partial charge in [0.2, 0.25) is 0 Å². The number of rotatable bonds is 1. The normalized spacial score (nSPS) is 8.89. The van der Waals surface area contributed by atoms with Crippen molar-refractivity contribution in [3.63, 3.8) is 0 Å². The summed E-state index contributed by atoms with van der Waals surface area (Å²) in [5.74, 6) is 0. The summed E-state index contributed by atoms with van der Waals surface area (Å²) in [6, 6.07) is 3.42. The van der Waals surface area contributed by atoms with Gasteiger partial charge < -0.3 is 5.21 Å². The quantitative estimate of drug-likeness (QED) is 0.397. The van der Waals surface area contributed by atoms with Gasteiger partial charge in [0.25, 0.3) is 6.20 Å². The van der Waals surface area contributed by atoms with E-state index in [0.717, 1.165) is 0 Å². The van der Waals surface area contributed by atoms with Gasteiger partial charge in [0.05, 0.1) is 5.56 Å². The van der Waals surface area contributed by atoms with Crippen molar-refractivity contribution in [3.8, 4) is 0 Å². The molecule has 0 N–H and O–H groups in total. The largest absolute Gasteiger partial charge is 0.618 e. The third kappa shape index (κ3) is 1.29. The predicted octanol–water partition coefficient (Wildman–Crippen LogP) is 0.763. The lowest BCUT2D eigenvalue weighted by atomic mass is 10.3. The SMILES string of the molecule is C=Cc1[c][n+]([O-])ccc1. The highest BCUT2D eigenvalue weighted by molar-refractivity contribution is 5.42. The summed E-state index contributed by atoms with van der Waals surface area (Å²) >= 11 is 0. The van der Waals surface area contributed by atoms with E-state index in [9.17, 15) is 5.21 Å². The molecule has 0 aliphatic rings. The van der Waals surface area contributed by atoms with Crippen molar-refractivity contribution >= 4 is 6.08 Å². The Bertz CT molecular complexity index is 220. The van der Waals surface area contributed by atoms with E-state index < -0.39 is 0 Å². The van der Waals surface area contributed by atoms with Crippen LogP contribution in [0.2, 0.25) is 0 Å². The van der Waals surface area contributed by atoms with Gasteiger partial charge in [0.1, 0.15) is 0 Å². The Balaban J connectivity index is 3.07. The highest BCUT2D eigenvalue weighted by Crippen LogP contribution is 1.92. The van der Waals surface area contributed by atoms with Gasteiger partial charge in [0.15, 0.2) is 6.20 Å². The number of hydrogen-bond acceptors (Lipinski definition) is 1. The van der Waals surface area contributed by atoms with Gasteiger partial charge in [0, 0.05) is 6.07 Å². The molecule has 0 atom stereocenters. The summed E-state index contributed by atoms with van der Waals surface area (Å²) in [5, 5.41) is 10.5. The molecule has 9 heavy (non-hydrogen) atoms. The highest BCUT2D eigenvalue weighted by Gasteiger charge is 1.90. The van der Waals surface area contributed by atoms with E-state index in [0.29, 0.717) is 10.3 Å². The molecule has 45 valence electrons. The lowest BCUT2D eigenvalue weighted by Crippen LogP contribution is -2.24. The van der Waals surface area contributed by atoms with Crippen molar-refractivity contribution in [2.75, 3.05) is 0 Å². The van der Waals surface area contributed by atoms with Crippen LogP contribution < -0.4 is 4.73 Å². The molecule has 0 aliphatic heterocycles. The fraction of sp³-hybridized carbons (Fsp3) is 0. The average Bonchev–Trinajstić information content (AvgIpc) is 1.88. The minimum absolute atomic E-state index is 0.622. The summed E-state index contributed by atoms with van der Waals surface area (Å²) in [4.78, 5) is 0. The van der Waals surface area contributed by atoms with Crippen LogP contribution in [0.15, 0.2) is 24.9 Å².